The van der Waals surface area contributed by atoms with E-state index in [0.29, 0.717) is 0 Å². The van der Waals surface area contributed by atoms with Crippen molar-refractivity contribution < 1.29 is 0 Å². The van der Waals surface area contributed by atoms with Gasteiger partial charge in [0.2, 0.25) is 0 Å². The minimum Gasteiger partial charge on any atom is -0.296 e. The van der Waals surface area contributed by atoms with E-state index in [1.165, 1.54) is 51.6 Å². The van der Waals surface area contributed by atoms with Crippen molar-refractivity contribution in [2.24, 2.45) is 0 Å². The SMILES string of the molecule is C1CC2=C(C1)CN1CCCC1C2. The molecule has 1 nitrogen and oxygen atoms in total. The molecule has 0 bridgehead atoms. The van der Waals surface area contributed by atoms with Gasteiger partial charge in [0, 0.05) is 12.6 Å². The Hall–Kier alpha value is -0.300. The molecule has 0 radical (unpaired) electrons. The van der Waals surface area contributed by atoms with Gasteiger partial charge in [0.05, 0.1) is 0 Å². The summed E-state index contributed by atoms with van der Waals surface area (Å²) in [5, 5.41) is 0. The van der Waals surface area contributed by atoms with Gasteiger partial charge in [0.1, 0.15) is 0 Å². The molecule has 0 spiro atoms. The maximum absolute atomic E-state index is 2.71. The van der Waals surface area contributed by atoms with E-state index in [2.05, 4.69) is 4.90 Å². The van der Waals surface area contributed by atoms with Crippen molar-refractivity contribution in [1.29, 1.82) is 0 Å². The first-order valence-corrected chi connectivity index (χ1v) is 5.37. The number of hydrogen-bond donors (Lipinski definition) is 0. The zero-order valence-electron chi connectivity index (χ0n) is 7.68. The molecule has 2 heterocycles. The van der Waals surface area contributed by atoms with E-state index < -0.39 is 0 Å². The Morgan fingerprint density at radius 3 is 3.00 bits per heavy atom. The van der Waals surface area contributed by atoms with Crippen LogP contribution in [0.2, 0.25) is 0 Å². The molecule has 1 unspecified atom stereocenters. The van der Waals surface area contributed by atoms with Gasteiger partial charge in [0.25, 0.3) is 0 Å². The fourth-order valence-electron chi connectivity index (χ4n) is 3.17. The van der Waals surface area contributed by atoms with Crippen molar-refractivity contribution in [3.05, 3.63) is 11.1 Å². The number of rotatable bonds is 0. The van der Waals surface area contributed by atoms with Crippen LogP contribution < -0.4 is 0 Å². The molecule has 1 fully saturated rings. The van der Waals surface area contributed by atoms with Gasteiger partial charge in [-0.1, -0.05) is 11.1 Å². The van der Waals surface area contributed by atoms with Crippen LogP contribution in [0.1, 0.15) is 38.5 Å². The number of fused-ring (bicyclic) bond motifs is 1. The molecule has 12 heavy (non-hydrogen) atoms. The lowest BCUT2D eigenvalue weighted by atomic mass is 9.97. The molecule has 0 saturated carbocycles. The Kier molecular flexibility index (Phi) is 1.54. The van der Waals surface area contributed by atoms with Crippen molar-refractivity contribution in [2.75, 3.05) is 13.1 Å². The zero-order valence-corrected chi connectivity index (χ0v) is 7.68. The lowest BCUT2D eigenvalue weighted by molar-refractivity contribution is 0.257. The molecule has 0 amide bonds. The second-order valence-electron chi connectivity index (χ2n) is 4.53. The van der Waals surface area contributed by atoms with E-state index in [9.17, 15) is 0 Å². The molecule has 0 aromatic rings. The highest BCUT2D eigenvalue weighted by molar-refractivity contribution is 5.25. The molecule has 0 N–H and O–H groups in total. The molecule has 1 atom stereocenters. The van der Waals surface area contributed by atoms with E-state index in [-0.39, 0.29) is 0 Å². The van der Waals surface area contributed by atoms with Crippen molar-refractivity contribution in [2.45, 2.75) is 44.6 Å². The maximum Gasteiger partial charge on any atom is 0.0198 e. The van der Waals surface area contributed by atoms with Crippen LogP contribution in [0, 0.1) is 0 Å². The van der Waals surface area contributed by atoms with Crippen LogP contribution in [-0.4, -0.2) is 24.0 Å². The summed E-state index contributed by atoms with van der Waals surface area (Å²) < 4.78 is 0. The number of nitrogens with zero attached hydrogens (tertiary/aromatic N) is 1. The van der Waals surface area contributed by atoms with E-state index in [4.69, 9.17) is 0 Å². The van der Waals surface area contributed by atoms with E-state index in [1.54, 1.807) is 0 Å². The summed E-state index contributed by atoms with van der Waals surface area (Å²) in [7, 11) is 0. The molecular formula is C11H17N. The van der Waals surface area contributed by atoms with Gasteiger partial charge >= 0.3 is 0 Å². The third-order valence-electron chi connectivity index (χ3n) is 3.83. The fraction of sp³-hybridized carbons (Fsp3) is 0.818. The average molecular weight is 163 g/mol. The normalized spacial score (nSPS) is 35.5. The van der Waals surface area contributed by atoms with Gasteiger partial charge in [-0.2, -0.15) is 0 Å². The van der Waals surface area contributed by atoms with Crippen LogP contribution in [0.4, 0.5) is 0 Å². The van der Waals surface area contributed by atoms with Crippen molar-refractivity contribution in [3.63, 3.8) is 0 Å². The molecule has 1 aliphatic carbocycles. The second kappa shape index (κ2) is 2.59. The standard InChI is InChI=1S/C11H17N/c1-3-9-7-11-5-2-6-12(11)8-10(9)4-1/h11H,1-8H2. The minimum absolute atomic E-state index is 0.946. The Bertz CT molecular complexity index is 207. The average Bonchev–Trinajstić information content (AvgIpc) is 2.64. The van der Waals surface area contributed by atoms with Crippen LogP contribution >= 0.6 is 0 Å². The molecule has 0 aromatic carbocycles. The molecule has 2 aliphatic heterocycles. The van der Waals surface area contributed by atoms with Gasteiger partial charge < -0.3 is 0 Å². The first-order chi connectivity index (χ1) is 5.93. The molecule has 3 rings (SSSR count). The highest BCUT2D eigenvalue weighted by atomic mass is 15.2. The smallest absolute Gasteiger partial charge is 0.0198 e. The molecule has 66 valence electrons. The minimum atomic E-state index is 0.946. The van der Waals surface area contributed by atoms with Crippen molar-refractivity contribution in [1.82, 2.24) is 4.90 Å². The van der Waals surface area contributed by atoms with Crippen LogP contribution in [-0.2, 0) is 0 Å². The molecule has 0 aromatic heterocycles. The van der Waals surface area contributed by atoms with Crippen LogP contribution in [0.15, 0.2) is 11.1 Å². The topological polar surface area (TPSA) is 3.24 Å². The summed E-state index contributed by atoms with van der Waals surface area (Å²) in [5.41, 5.74) is 3.66. The molecule has 1 saturated heterocycles. The fourth-order valence-corrected chi connectivity index (χ4v) is 3.17. The monoisotopic (exact) mass is 163 g/mol. The number of hydrogen-bond acceptors (Lipinski definition) is 1. The lowest BCUT2D eigenvalue weighted by Gasteiger charge is -2.30. The Labute approximate surface area is 74.4 Å². The van der Waals surface area contributed by atoms with Gasteiger partial charge in [-0.15, -0.1) is 0 Å². The summed E-state index contributed by atoms with van der Waals surface area (Å²) in [6, 6.07) is 0.946. The summed E-state index contributed by atoms with van der Waals surface area (Å²) in [4.78, 5) is 2.71. The summed E-state index contributed by atoms with van der Waals surface area (Å²) >= 11 is 0. The first kappa shape index (κ1) is 7.14. The predicted molar refractivity (Wildman–Crippen MR) is 50.1 cm³/mol. The van der Waals surface area contributed by atoms with Gasteiger partial charge in [-0.25, -0.2) is 0 Å². The predicted octanol–water partition coefficient (Wildman–Crippen LogP) is 2.33. The van der Waals surface area contributed by atoms with E-state index >= 15 is 0 Å². The lowest BCUT2D eigenvalue weighted by Crippen LogP contribution is -2.34. The van der Waals surface area contributed by atoms with Crippen LogP contribution in [0.3, 0.4) is 0 Å². The van der Waals surface area contributed by atoms with Crippen molar-refractivity contribution in [3.8, 4) is 0 Å². The van der Waals surface area contributed by atoms with E-state index in [0.717, 1.165) is 6.04 Å². The zero-order chi connectivity index (χ0) is 7.97. The third-order valence-corrected chi connectivity index (χ3v) is 3.83. The Morgan fingerprint density at radius 2 is 2.00 bits per heavy atom. The highest BCUT2D eigenvalue weighted by Gasteiger charge is 2.32. The second-order valence-corrected chi connectivity index (χ2v) is 4.53. The highest BCUT2D eigenvalue weighted by Crippen LogP contribution is 2.38. The first-order valence-electron chi connectivity index (χ1n) is 5.37. The summed E-state index contributed by atoms with van der Waals surface area (Å²) in [6.07, 6.45) is 8.64. The summed E-state index contributed by atoms with van der Waals surface area (Å²) in [5.74, 6) is 0. The van der Waals surface area contributed by atoms with Gasteiger partial charge in [-0.05, 0) is 45.1 Å². The summed E-state index contributed by atoms with van der Waals surface area (Å²) in [6.45, 7) is 2.71. The third kappa shape index (κ3) is 0.957. The van der Waals surface area contributed by atoms with Crippen molar-refractivity contribution >= 4 is 0 Å². The Balaban J connectivity index is 1.85. The van der Waals surface area contributed by atoms with Gasteiger partial charge in [-0.3, -0.25) is 4.90 Å². The quantitative estimate of drug-likeness (QED) is 0.495. The molecule has 3 aliphatic rings. The van der Waals surface area contributed by atoms with Crippen LogP contribution in [0.5, 0.6) is 0 Å². The molecular weight excluding hydrogens is 146 g/mol. The molecule has 1 heteroatoms. The maximum atomic E-state index is 2.71. The Morgan fingerprint density at radius 1 is 1.08 bits per heavy atom. The largest absolute Gasteiger partial charge is 0.296 e. The van der Waals surface area contributed by atoms with Gasteiger partial charge in [0.15, 0.2) is 0 Å². The van der Waals surface area contributed by atoms with Crippen LogP contribution in [0.25, 0.3) is 0 Å². The van der Waals surface area contributed by atoms with E-state index in [1.807, 2.05) is 11.1 Å².